The minimum atomic E-state index is 0.265. The predicted octanol–water partition coefficient (Wildman–Crippen LogP) is 3.00. The molecule has 2 aromatic rings. The Morgan fingerprint density at radius 2 is 1.95 bits per heavy atom. The molecule has 0 spiro atoms. The van der Waals surface area contributed by atoms with E-state index in [1.165, 1.54) is 0 Å². The molecule has 0 aliphatic rings. The summed E-state index contributed by atoms with van der Waals surface area (Å²) in [4.78, 5) is 0. The zero-order valence-electron chi connectivity index (χ0n) is 11.3. The number of benzene rings is 2. The molecule has 3 heteroatoms. The predicted molar refractivity (Wildman–Crippen MR) is 76.4 cm³/mol. The van der Waals surface area contributed by atoms with Gasteiger partial charge < -0.3 is 15.2 Å². The molecule has 0 aliphatic heterocycles. The van der Waals surface area contributed by atoms with E-state index in [1.54, 1.807) is 12.1 Å². The molecule has 100 valence electrons. The first kappa shape index (κ1) is 13.4. The summed E-state index contributed by atoms with van der Waals surface area (Å²) < 4.78 is 5.91. The largest absolute Gasteiger partial charge is 0.508 e. The Morgan fingerprint density at radius 3 is 2.68 bits per heavy atom. The summed E-state index contributed by atoms with van der Waals surface area (Å²) >= 11 is 0. The molecule has 0 saturated carbocycles. The van der Waals surface area contributed by atoms with Crippen LogP contribution in [0, 0.1) is 6.92 Å². The topological polar surface area (TPSA) is 41.5 Å². The Kier molecular flexibility index (Phi) is 4.42. The van der Waals surface area contributed by atoms with Crippen molar-refractivity contribution in [1.82, 2.24) is 5.32 Å². The molecular weight excluding hydrogens is 238 g/mol. The van der Waals surface area contributed by atoms with Crippen LogP contribution < -0.4 is 10.1 Å². The molecule has 0 unspecified atom stereocenters. The molecule has 0 aliphatic carbocycles. The Morgan fingerprint density at radius 1 is 1.16 bits per heavy atom. The third-order valence-corrected chi connectivity index (χ3v) is 2.95. The van der Waals surface area contributed by atoms with Crippen LogP contribution in [-0.2, 0) is 13.2 Å². The second-order valence-electron chi connectivity index (χ2n) is 4.55. The summed E-state index contributed by atoms with van der Waals surface area (Å²) in [5, 5.41) is 12.6. The molecule has 0 radical (unpaired) electrons. The van der Waals surface area contributed by atoms with E-state index in [0.29, 0.717) is 6.61 Å². The average Bonchev–Trinajstić information content (AvgIpc) is 2.38. The van der Waals surface area contributed by atoms with Gasteiger partial charge in [-0.3, -0.25) is 0 Å². The van der Waals surface area contributed by atoms with Gasteiger partial charge in [0.15, 0.2) is 0 Å². The standard InChI is InChI=1S/C16H19NO2/c1-12-5-3-7-14(10-17-2)16(12)19-11-13-6-4-8-15(18)9-13/h3-9,17-18H,10-11H2,1-2H3. The number of ether oxygens (including phenoxy) is 1. The number of rotatable bonds is 5. The number of aryl methyl sites for hydroxylation is 1. The maximum atomic E-state index is 9.44. The van der Waals surface area contributed by atoms with E-state index in [2.05, 4.69) is 11.4 Å². The van der Waals surface area contributed by atoms with Gasteiger partial charge in [-0.05, 0) is 37.2 Å². The smallest absolute Gasteiger partial charge is 0.127 e. The van der Waals surface area contributed by atoms with Gasteiger partial charge in [0.25, 0.3) is 0 Å². The van der Waals surface area contributed by atoms with Gasteiger partial charge >= 0.3 is 0 Å². The van der Waals surface area contributed by atoms with Gasteiger partial charge in [0.1, 0.15) is 18.1 Å². The lowest BCUT2D eigenvalue weighted by molar-refractivity contribution is 0.299. The molecular formula is C16H19NO2. The summed E-state index contributed by atoms with van der Waals surface area (Å²) in [6.07, 6.45) is 0. The van der Waals surface area contributed by atoms with Gasteiger partial charge in [0, 0.05) is 12.1 Å². The van der Waals surface area contributed by atoms with E-state index in [0.717, 1.165) is 29.0 Å². The van der Waals surface area contributed by atoms with Gasteiger partial charge in [0.2, 0.25) is 0 Å². The quantitative estimate of drug-likeness (QED) is 0.865. The first-order chi connectivity index (χ1) is 9.20. The lowest BCUT2D eigenvalue weighted by Crippen LogP contribution is -2.08. The van der Waals surface area contributed by atoms with Crippen LogP contribution in [0.25, 0.3) is 0 Å². The Bertz CT molecular complexity index is 552. The fraction of sp³-hybridized carbons (Fsp3) is 0.250. The van der Waals surface area contributed by atoms with E-state index in [4.69, 9.17) is 4.74 Å². The van der Waals surface area contributed by atoms with Crippen LogP contribution >= 0.6 is 0 Å². The minimum absolute atomic E-state index is 0.265. The Labute approximate surface area is 113 Å². The number of hydrogen-bond acceptors (Lipinski definition) is 3. The Balaban J connectivity index is 2.14. The lowest BCUT2D eigenvalue weighted by Gasteiger charge is -2.14. The third-order valence-electron chi connectivity index (χ3n) is 2.95. The normalized spacial score (nSPS) is 10.4. The first-order valence-electron chi connectivity index (χ1n) is 6.34. The van der Waals surface area contributed by atoms with Crippen molar-refractivity contribution >= 4 is 0 Å². The number of aromatic hydroxyl groups is 1. The van der Waals surface area contributed by atoms with Crippen LogP contribution in [0.2, 0.25) is 0 Å². The van der Waals surface area contributed by atoms with Crippen LogP contribution in [0.3, 0.4) is 0 Å². The van der Waals surface area contributed by atoms with Crippen molar-refractivity contribution in [2.75, 3.05) is 7.05 Å². The molecule has 2 N–H and O–H groups in total. The molecule has 0 aromatic heterocycles. The summed E-state index contributed by atoms with van der Waals surface area (Å²) in [5.74, 6) is 1.18. The lowest BCUT2D eigenvalue weighted by atomic mass is 10.1. The number of phenolic OH excluding ortho intramolecular Hbond substituents is 1. The number of para-hydroxylation sites is 1. The maximum Gasteiger partial charge on any atom is 0.127 e. The molecule has 0 saturated heterocycles. The molecule has 0 amide bonds. The van der Waals surface area contributed by atoms with Crippen molar-refractivity contribution in [1.29, 1.82) is 0 Å². The van der Waals surface area contributed by atoms with Gasteiger partial charge in [-0.25, -0.2) is 0 Å². The Hall–Kier alpha value is -2.00. The second-order valence-corrected chi connectivity index (χ2v) is 4.55. The van der Waals surface area contributed by atoms with Crippen LogP contribution in [0.15, 0.2) is 42.5 Å². The van der Waals surface area contributed by atoms with Crippen LogP contribution in [-0.4, -0.2) is 12.2 Å². The van der Waals surface area contributed by atoms with Gasteiger partial charge in [0.05, 0.1) is 0 Å². The molecule has 2 aromatic carbocycles. The van der Waals surface area contributed by atoms with Crippen molar-refractivity contribution < 1.29 is 9.84 Å². The van der Waals surface area contributed by atoms with Crippen molar-refractivity contribution in [2.45, 2.75) is 20.1 Å². The fourth-order valence-electron chi connectivity index (χ4n) is 2.05. The van der Waals surface area contributed by atoms with Gasteiger partial charge in [-0.2, -0.15) is 0 Å². The minimum Gasteiger partial charge on any atom is -0.508 e. The van der Waals surface area contributed by atoms with E-state index in [9.17, 15) is 5.11 Å². The van der Waals surface area contributed by atoms with Crippen molar-refractivity contribution in [3.05, 3.63) is 59.2 Å². The number of phenols is 1. The summed E-state index contributed by atoms with van der Waals surface area (Å²) in [6.45, 7) is 3.27. The molecule has 3 nitrogen and oxygen atoms in total. The highest BCUT2D eigenvalue weighted by atomic mass is 16.5. The molecule has 19 heavy (non-hydrogen) atoms. The summed E-state index contributed by atoms with van der Waals surface area (Å²) in [7, 11) is 1.92. The highest BCUT2D eigenvalue weighted by molar-refractivity contribution is 5.41. The van der Waals surface area contributed by atoms with Crippen LogP contribution in [0.5, 0.6) is 11.5 Å². The zero-order chi connectivity index (χ0) is 13.7. The molecule has 2 rings (SSSR count). The van der Waals surface area contributed by atoms with Gasteiger partial charge in [-0.15, -0.1) is 0 Å². The fourth-order valence-corrected chi connectivity index (χ4v) is 2.05. The summed E-state index contributed by atoms with van der Waals surface area (Å²) in [6, 6.07) is 13.3. The van der Waals surface area contributed by atoms with Crippen molar-refractivity contribution in [3.8, 4) is 11.5 Å². The second kappa shape index (κ2) is 6.25. The van der Waals surface area contributed by atoms with Crippen LogP contribution in [0.1, 0.15) is 16.7 Å². The molecule has 0 fully saturated rings. The monoisotopic (exact) mass is 257 g/mol. The van der Waals surface area contributed by atoms with E-state index in [-0.39, 0.29) is 5.75 Å². The highest BCUT2D eigenvalue weighted by Crippen LogP contribution is 2.24. The van der Waals surface area contributed by atoms with Crippen LogP contribution in [0.4, 0.5) is 0 Å². The first-order valence-corrected chi connectivity index (χ1v) is 6.34. The molecule has 0 atom stereocenters. The number of nitrogens with one attached hydrogen (secondary N) is 1. The SMILES string of the molecule is CNCc1cccc(C)c1OCc1cccc(O)c1. The van der Waals surface area contributed by atoms with Crippen molar-refractivity contribution in [2.24, 2.45) is 0 Å². The zero-order valence-corrected chi connectivity index (χ0v) is 11.3. The van der Waals surface area contributed by atoms with E-state index >= 15 is 0 Å². The molecule has 0 bridgehead atoms. The molecule has 0 heterocycles. The van der Waals surface area contributed by atoms with Gasteiger partial charge in [-0.1, -0.05) is 30.3 Å². The third kappa shape index (κ3) is 3.48. The maximum absolute atomic E-state index is 9.44. The van der Waals surface area contributed by atoms with Crippen molar-refractivity contribution in [3.63, 3.8) is 0 Å². The summed E-state index contributed by atoms with van der Waals surface area (Å²) in [5.41, 5.74) is 3.22. The highest BCUT2D eigenvalue weighted by Gasteiger charge is 2.06. The van der Waals surface area contributed by atoms with E-state index < -0.39 is 0 Å². The van der Waals surface area contributed by atoms with E-state index in [1.807, 2.05) is 38.2 Å². The average molecular weight is 257 g/mol. The number of hydrogen-bond donors (Lipinski definition) is 2.